The van der Waals surface area contributed by atoms with E-state index in [1.807, 2.05) is 61.5 Å². The molecule has 0 bridgehead atoms. The first-order chi connectivity index (χ1) is 17.1. The van der Waals surface area contributed by atoms with E-state index in [4.69, 9.17) is 4.42 Å². The number of carbonyl (C=O) groups excluding carboxylic acids is 3. The lowest BCUT2D eigenvalue weighted by Crippen LogP contribution is -2.49. The molecule has 182 valence electrons. The molecule has 0 unspecified atom stereocenters. The number of nitrogens with zero attached hydrogens (tertiary/aromatic N) is 1. The molecule has 7 nitrogen and oxygen atoms in total. The summed E-state index contributed by atoms with van der Waals surface area (Å²) in [5, 5.41) is 5.81. The van der Waals surface area contributed by atoms with E-state index >= 15 is 0 Å². The average Bonchev–Trinajstić information content (AvgIpc) is 3.61. The molecule has 3 aromatic rings. The molecule has 2 N–H and O–H groups in total. The molecule has 1 aliphatic rings. The average molecular weight is 474 g/mol. The molecule has 0 aliphatic heterocycles. The Morgan fingerprint density at radius 3 is 2.37 bits per heavy atom. The number of aryl methyl sites for hydroxylation is 1. The Hall–Kier alpha value is -3.87. The summed E-state index contributed by atoms with van der Waals surface area (Å²) in [6.45, 7) is 1.73. The van der Waals surface area contributed by atoms with Crippen molar-refractivity contribution in [2.75, 3.05) is 11.4 Å². The first-order valence-electron chi connectivity index (χ1n) is 12.2. The Morgan fingerprint density at radius 2 is 1.69 bits per heavy atom. The summed E-state index contributed by atoms with van der Waals surface area (Å²) < 4.78 is 5.14. The van der Waals surface area contributed by atoms with Crippen molar-refractivity contribution in [2.45, 2.75) is 51.1 Å². The van der Waals surface area contributed by atoms with E-state index in [-0.39, 0.29) is 30.2 Å². The second-order valence-corrected chi connectivity index (χ2v) is 8.71. The fourth-order valence-corrected chi connectivity index (χ4v) is 4.60. The Kier molecular flexibility index (Phi) is 7.98. The highest BCUT2D eigenvalue weighted by molar-refractivity contribution is 6.04. The Morgan fingerprint density at radius 1 is 0.971 bits per heavy atom. The summed E-state index contributed by atoms with van der Waals surface area (Å²) >= 11 is 0. The molecule has 1 saturated carbocycles. The van der Waals surface area contributed by atoms with Crippen LogP contribution in [0.3, 0.4) is 0 Å². The van der Waals surface area contributed by atoms with Crippen LogP contribution in [0.15, 0.2) is 77.4 Å². The summed E-state index contributed by atoms with van der Waals surface area (Å²) in [6.07, 6.45) is 6.13. The zero-order valence-corrected chi connectivity index (χ0v) is 19.9. The van der Waals surface area contributed by atoms with Gasteiger partial charge < -0.3 is 15.1 Å². The van der Waals surface area contributed by atoms with Crippen LogP contribution in [-0.4, -0.2) is 30.3 Å². The molecule has 3 amide bonds. The predicted molar refractivity (Wildman–Crippen MR) is 134 cm³/mol. The molecular weight excluding hydrogens is 442 g/mol. The van der Waals surface area contributed by atoms with Crippen LogP contribution in [0.4, 0.5) is 5.69 Å². The van der Waals surface area contributed by atoms with Crippen molar-refractivity contribution in [2.24, 2.45) is 0 Å². The van der Waals surface area contributed by atoms with Crippen LogP contribution in [0.1, 0.15) is 60.3 Å². The van der Waals surface area contributed by atoms with Crippen molar-refractivity contribution >= 4 is 23.4 Å². The fourth-order valence-electron chi connectivity index (χ4n) is 4.60. The van der Waals surface area contributed by atoms with Crippen LogP contribution >= 0.6 is 0 Å². The number of rotatable bonds is 9. The Balaban J connectivity index is 1.70. The van der Waals surface area contributed by atoms with Gasteiger partial charge in [-0.1, -0.05) is 68.3 Å². The number of hydrogen-bond donors (Lipinski definition) is 2. The van der Waals surface area contributed by atoms with Crippen molar-refractivity contribution in [1.29, 1.82) is 0 Å². The molecule has 1 fully saturated rings. The highest BCUT2D eigenvalue weighted by atomic mass is 16.3. The van der Waals surface area contributed by atoms with Gasteiger partial charge in [-0.15, -0.1) is 0 Å². The molecule has 35 heavy (non-hydrogen) atoms. The zero-order valence-electron chi connectivity index (χ0n) is 19.9. The number of carbonyl (C=O) groups is 3. The monoisotopic (exact) mass is 473 g/mol. The van der Waals surface area contributed by atoms with Gasteiger partial charge >= 0.3 is 0 Å². The van der Waals surface area contributed by atoms with Crippen molar-refractivity contribution in [3.8, 4) is 0 Å². The molecule has 0 saturated heterocycles. The number of amides is 3. The summed E-state index contributed by atoms with van der Waals surface area (Å²) in [7, 11) is 0. The summed E-state index contributed by atoms with van der Waals surface area (Å²) in [5.74, 6) is -0.975. The maximum atomic E-state index is 13.7. The van der Waals surface area contributed by atoms with Gasteiger partial charge in [0.25, 0.3) is 5.91 Å². The van der Waals surface area contributed by atoms with E-state index in [0.717, 1.165) is 31.2 Å². The van der Waals surface area contributed by atoms with E-state index < -0.39 is 11.9 Å². The first kappa shape index (κ1) is 24.3. The van der Waals surface area contributed by atoms with E-state index in [9.17, 15) is 14.4 Å². The highest BCUT2D eigenvalue weighted by Gasteiger charge is 2.35. The van der Waals surface area contributed by atoms with E-state index in [2.05, 4.69) is 10.6 Å². The number of benzene rings is 2. The summed E-state index contributed by atoms with van der Waals surface area (Å²) in [6, 6.07) is 19.3. The van der Waals surface area contributed by atoms with Crippen molar-refractivity contribution in [1.82, 2.24) is 10.6 Å². The van der Waals surface area contributed by atoms with Gasteiger partial charge in [-0.25, -0.2) is 0 Å². The number of furan rings is 1. The molecule has 7 heteroatoms. The topological polar surface area (TPSA) is 91.7 Å². The third-order valence-electron chi connectivity index (χ3n) is 6.37. The third kappa shape index (κ3) is 5.80. The normalized spacial score (nSPS) is 14.3. The quantitative estimate of drug-likeness (QED) is 0.482. The van der Waals surface area contributed by atoms with Gasteiger partial charge in [-0.3, -0.25) is 19.3 Å². The van der Waals surface area contributed by atoms with Gasteiger partial charge in [0, 0.05) is 11.7 Å². The molecule has 4 rings (SSSR count). The highest BCUT2D eigenvalue weighted by Crippen LogP contribution is 2.32. The van der Waals surface area contributed by atoms with Crippen LogP contribution < -0.4 is 15.5 Å². The van der Waals surface area contributed by atoms with Crippen LogP contribution in [0.5, 0.6) is 0 Å². The zero-order chi connectivity index (χ0) is 24.6. The largest absolute Gasteiger partial charge is 0.459 e. The molecule has 1 aromatic heterocycles. The van der Waals surface area contributed by atoms with Crippen LogP contribution in [-0.2, 0) is 16.0 Å². The Bertz CT molecular complexity index is 1140. The number of para-hydroxylation sites is 1. The van der Waals surface area contributed by atoms with Gasteiger partial charge in [-0.2, -0.15) is 0 Å². The van der Waals surface area contributed by atoms with Gasteiger partial charge in [0.05, 0.1) is 12.8 Å². The lowest BCUT2D eigenvalue weighted by molar-refractivity contribution is -0.126. The molecule has 1 aliphatic carbocycles. The molecule has 0 radical (unpaired) electrons. The number of nitrogens with one attached hydrogen (secondary N) is 2. The van der Waals surface area contributed by atoms with Crippen LogP contribution in [0, 0.1) is 0 Å². The maximum absolute atomic E-state index is 13.7. The van der Waals surface area contributed by atoms with Crippen LogP contribution in [0.2, 0.25) is 0 Å². The standard InChI is InChI=1S/C28H31N3O4/c1-2-20-11-6-9-16-23(20)31(25(32)19-29-27(33)24-17-10-18-35-24)26(21-12-4-3-5-13-21)28(34)30-22-14-7-8-15-22/h3-6,9-13,16-18,22,26H,2,7-8,14-15,19H2,1H3,(H,29,33)(H,30,34)/t26-/m0/s1. The second-order valence-electron chi connectivity index (χ2n) is 8.71. The Labute approximate surface area is 205 Å². The minimum atomic E-state index is -0.877. The molecule has 2 aromatic carbocycles. The van der Waals surface area contributed by atoms with Gasteiger partial charge in [0.2, 0.25) is 11.8 Å². The van der Waals surface area contributed by atoms with Crippen molar-refractivity contribution in [3.63, 3.8) is 0 Å². The first-order valence-corrected chi connectivity index (χ1v) is 12.2. The molecule has 1 heterocycles. The third-order valence-corrected chi connectivity index (χ3v) is 6.37. The molecule has 0 spiro atoms. The molecule has 1 atom stereocenters. The minimum absolute atomic E-state index is 0.103. The minimum Gasteiger partial charge on any atom is -0.459 e. The number of anilines is 1. The fraction of sp³-hybridized carbons (Fsp3) is 0.321. The smallest absolute Gasteiger partial charge is 0.287 e. The molecular formula is C28H31N3O4. The maximum Gasteiger partial charge on any atom is 0.287 e. The van der Waals surface area contributed by atoms with Gasteiger partial charge in [-0.05, 0) is 48.6 Å². The predicted octanol–water partition coefficient (Wildman–Crippen LogP) is 4.41. The second kappa shape index (κ2) is 11.5. The van der Waals surface area contributed by atoms with E-state index in [1.165, 1.54) is 17.2 Å². The number of hydrogen-bond acceptors (Lipinski definition) is 4. The van der Waals surface area contributed by atoms with E-state index in [1.54, 1.807) is 6.07 Å². The van der Waals surface area contributed by atoms with Crippen molar-refractivity contribution < 1.29 is 18.8 Å². The van der Waals surface area contributed by atoms with Crippen LogP contribution in [0.25, 0.3) is 0 Å². The van der Waals surface area contributed by atoms with Gasteiger partial charge in [0.1, 0.15) is 6.04 Å². The summed E-state index contributed by atoms with van der Waals surface area (Å²) in [5.41, 5.74) is 2.30. The lowest BCUT2D eigenvalue weighted by Gasteiger charge is -2.33. The van der Waals surface area contributed by atoms with E-state index in [0.29, 0.717) is 17.7 Å². The SMILES string of the molecule is CCc1ccccc1N(C(=O)CNC(=O)c1ccco1)[C@H](C(=O)NC1CCCC1)c1ccccc1. The van der Waals surface area contributed by atoms with Crippen molar-refractivity contribution in [3.05, 3.63) is 89.9 Å². The summed E-state index contributed by atoms with van der Waals surface area (Å²) in [4.78, 5) is 41.4. The lowest BCUT2D eigenvalue weighted by atomic mass is 10.0. The van der Waals surface area contributed by atoms with Gasteiger partial charge in [0.15, 0.2) is 5.76 Å².